The summed E-state index contributed by atoms with van der Waals surface area (Å²) in [6, 6.07) is -0.328. The molecule has 0 unspecified atom stereocenters. The van der Waals surface area contributed by atoms with Gasteiger partial charge in [-0.2, -0.15) is 0 Å². The molecule has 0 aliphatic heterocycles. The third-order valence-corrected chi connectivity index (χ3v) is 0.915. The van der Waals surface area contributed by atoms with Crippen LogP contribution in [0.3, 0.4) is 0 Å². The number of amides is 2. The molecule has 0 fully saturated rings. The molecular weight excluding hydrogens is 148 g/mol. The molecule has 0 aromatic carbocycles. The lowest BCUT2D eigenvalue weighted by atomic mass is 10.7. The van der Waals surface area contributed by atoms with Crippen LogP contribution in [0.25, 0.3) is 0 Å². The van der Waals surface area contributed by atoms with Crippen LogP contribution in [-0.2, 0) is 0 Å². The van der Waals surface area contributed by atoms with Gasteiger partial charge in [-0.25, -0.2) is 9.89 Å². The van der Waals surface area contributed by atoms with Crippen LogP contribution in [0.5, 0.6) is 0 Å². The van der Waals surface area contributed by atoms with Crippen LogP contribution >= 0.6 is 0 Å². The third kappa shape index (κ3) is 2.20. The first-order chi connectivity index (χ1) is 5.33. The summed E-state index contributed by atoms with van der Waals surface area (Å²) in [5.41, 5.74) is 0. The van der Waals surface area contributed by atoms with E-state index in [1.165, 1.54) is 0 Å². The second-order valence-electron chi connectivity index (χ2n) is 1.73. The van der Waals surface area contributed by atoms with Crippen molar-refractivity contribution < 1.29 is 4.79 Å². The second-order valence-corrected chi connectivity index (χ2v) is 1.73. The average molecular weight is 156 g/mol. The largest absolute Gasteiger partial charge is 0.338 e. The van der Waals surface area contributed by atoms with E-state index in [1.807, 2.05) is 6.92 Å². The molecular formula is C4H8N6O. The van der Waals surface area contributed by atoms with Crippen molar-refractivity contribution >= 4 is 12.0 Å². The number of nitrogens with zero attached hydrogens (tertiary/aromatic N) is 3. The third-order valence-electron chi connectivity index (χ3n) is 0.915. The summed E-state index contributed by atoms with van der Waals surface area (Å²) in [6.07, 6.45) is 0. The Labute approximate surface area is 62.6 Å². The Hall–Kier alpha value is -1.66. The monoisotopic (exact) mass is 156 g/mol. The molecule has 1 aromatic rings. The summed E-state index contributed by atoms with van der Waals surface area (Å²) in [5, 5.41) is 17.3. The number of aromatic amines is 1. The van der Waals surface area contributed by atoms with E-state index >= 15 is 0 Å². The molecule has 0 aliphatic carbocycles. The standard InChI is InChI=1S/C4H8N6O/c1-2-5-4(11)6-3-7-9-10-8-3/h2H2,1H3,(H3,5,6,7,8,9,10,11). The quantitative estimate of drug-likeness (QED) is 0.529. The highest BCUT2D eigenvalue weighted by atomic mass is 16.2. The van der Waals surface area contributed by atoms with Gasteiger partial charge in [0.05, 0.1) is 0 Å². The predicted octanol–water partition coefficient (Wildman–Crippen LogP) is -0.659. The van der Waals surface area contributed by atoms with Crippen LogP contribution in [-0.4, -0.2) is 33.2 Å². The zero-order valence-corrected chi connectivity index (χ0v) is 5.96. The molecule has 11 heavy (non-hydrogen) atoms. The molecule has 0 saturated heterocycles. The molecule has 1 rings (SSSR count). The zero-order valence-electron chi connectivity index (χ0n) is 5.96. The first-order valence-electron chi connectivity index (χ1n) is 3.11. The van der Waals surface area contributed by atoms with Crippen LogP contribution in [0.4, 0.5) is 10.7 Å². The number of hydrogen-bond acceptors (Lipinski definition) is 4. The maximum atomic E-state index is 10.8. The number of carbonyl (C=O) groups excluding carboxylic acids is 1. The van der Waals surface area contributed by atoms with Gasteiger partial charge in [0.2, 0.25) is 5.95 Å². The number of H-pyrrole nitrogens is 1. The van der Waals surface area contributed by atoms with Crippen molar-refractivity contribution in [2.45, 2.75) is 6.92 Å². The smallest absolute Gasteiger partial charge is 0.321 e. The molecule has 1 heterocycles. The van der Waals surface area contributed by atoms with Gasteiger partial charge < -0.3 is 5.32 Å². The van der Waals surface area contributed by atoms with Gasteiger partial charge in [-0.1, -0.05) is 5.10 Å². The fourth-order valence-electron chi connectivity index (χ4n) is 0.524. The summed E-state index contributed by atoms with van der Waals surface area (Å²) in [6.45, 7) is 2.38. The Bertz CT molecular complexity index is 218. The Morgan fingerprint density at radius 1 is 1.73 bits per heavy atom. The maximum absolute atomic E-state index is 10.8. The molecule has 7 heteroatoms. The van der Waals surface area contributed by atoms with Crippen LogP contribution < -0.4 is 10.6 Å². The average Bonchev–Trinajstić information content (AvgIpc) is 2.40. The zero-order chi connectivity index (χ0) is 8.10. The van der Waals surface area contributed by atoms with Crippen molar-refractivity contribution in [3.8, 4) is 0 Å². The van der Waals surface area contributed by atoms with Gasteiger partial charge in [0.1, 0.15) is 0 Å². The molecule has 2 amide bonds. The van der Waals surface area contributed by atoms with Crippen LogP contribution in [0, 0.1) is 0 Å². The second kappa shape index (κ2) is 3.49. The molecule has 0 spiro atoms. The number of rotatable bonds is 2. The number of tetrazole rings is 1. The van der Waals surface area contributed by atoms with Gasteiger partial charge in [-0.05, 0) is 17.4 Å². The summed E-state index contributed by atoms with van der Waals surface area (Å²) in [4.78, 5) is 10.8. The summed E-state index contributed by atoms with van der Waals surface area (Å²) >= 11 is 0. The first-order valence-corrected chi connectivity index (χ1v) is 3.11. The molecule has 0 saturated carbocycles. The van der Waals surface area contributed by atoms with Gasteiger partial charge in [0.15, 0.2) is 0 Å². The van der Waals surface area contributed by atoms with Crippen molar-refractivity contribution in [1.82, 2.24) is 25.9 Å². The topological polar surface area (TPSA) is 95.6 Å². The number of carbonyl (C=O) groups is 1. The Morgan fingerprint density at radius 2 is 2.55 bits per heavy atom. The van der Waals surface area contributed by atoms with E-state index in [0.29, 0.717) is 6.54 Å². The molecule has 7 nitrogen and oxygen atoms in total. The van der Waals surface area contributed by atoms with Gasteiger partial charge in [-0.15, -0.1) is 0 Å². The number of aromatic nitrogens is 4. The van der Waals surface area contributed by atoms with Crippen molar-refractivity contribution in [2.75, 3.05) is 11.9 Å². The molecule has 0 bridgehead atoms. The minimum Gasteiger partial charge on any atom is -0.338 e. The van der Waals surface area contributed by atoms with E-state index in [-0.39, 0.29) is 12.0 Å². The summed E-state index contributed by atoms with van der Waals surface area (Å²) in [7, 11) is 0. The molecule has 3 N–H and O–H groups in total. The van der Waals surface area contributed by atoms with E-state index in [9.17, 15) is 4.79 Å². The Balaban J connectivity index is 2.37. The minimum atomic E-state index is -0.328. The predicted molar refractivity (Wildman–Crippen MR) is 36.9 cm³/mol. The highest BCUT2D eigenvalue weighted by Gasteiger charge is 2.00. The highest BCUT2D eigenvalue weighted by molar-refractivity contribution is 5.86. The van der Waals surface area contributed by atoms with E-state index in [0.717, 1.165) is 0 Å². The molecule has 1 aromatic heterocycles. The lowest BCUT2D eigenvalue weighted by Crippen LogP contribution is -2.28. The Morgan fingerprint density at radius 3 is 3.09 bits per heavy atom. The number of nitrogens with one attached hydrogen (secondary N) is 3. The van der Waals surface area contributed by atoms with E-state index < -0.39 is 0 Å². The van der Waals surface area contributed by atoms with Crippen LogP contribution in [0.15, 0.2) is 0 Å². The molecule has 60 valence electrons. The van der Waals surface area contributed by atoms with Crippen molar-refractivity contribution in [3.63, 3.8) is 0 Å². The van der Waals surface area contributed by atoms with Crippen molar-refractivity contribution in [1.29, 1.82) is 0 Å². The van der Waals surface area contributed by atoms with Crippen molar-refractivity contribution in [3.05, 3.63) is 0 Å². The lowest BCUT2D eigenvalue weighted by molar-refractivity contribution is 0.252. The highest BCUT2D eigenvalue weighted by Crippen LogP contribution is 1.87. The maximum Gasteiger partial charge on any atom is 0.321 e. The SMILES string of the molecule is CCNC(=O)Nc1nnn[nH]1. The van der Waals surface area contributed by atoms with Gasteiger partial charge in [0, 0.05) is 6.54 Å². The summed E-state index contributed by atoms with van der Waals surface area (Å²) in [5.74, 6) is 0.232. The van der Waals surface area contributed by atoms with E-state index in [4.69, 9.17) is 0 Å². The summed E-state index contributed by atoms with van der Waals surface area (Å²) < 4.78 is 0. The number of urea groups is 1. The number of anilines is 1. The normalized spacial score (nSPS) is 9.18. The van der Waals surface area contributed by atoms with Gasteiger partial charge in [0.25, 0.3) is 0 Å². The van der Waals surface area contributed by atoms with E-state index in [1.54, 1.807) is 0 Å². The van der Waals surface area contributed by atoms with Gasteiger partial charge >= 0.3 is 6.03 Å². The van der Waals surface area contributed by atoms with Gasteiger partial charge in [-0.3, -0.25) is 5.32 Å². The molecule has 0 aliphatic rings. The van der Waals surface area contributed by atoms with Crippen molar-refractivity contribution in [2.24, 2.45) is 0 Å². The molecule has 0 radical (unpaired) electrons. The van der Waals surface area contributed by atoms with Crippen LogP contribution in [0.1, 0.15) is 6.92 Å². The fourth-order valence-corrected chi connectivity index (χ4v) is 0.524. The van der Waals surface area contributed by atoms with E-state index in [2.05, 4.69) is 31.3 Å². The lowest BCUT2D eigenvalue weighted by Gasteiger charge is -1.99. The molecule has 0 atom stereocenters. The first kappa shape index (κ1) is 7.45. The fraction of sp³-hybridized carbons (Fsp3) is 0.500. The Kier molecular flexibility index (Phi) is 2.37. The minimum absolute atomic E-state index is 0.232. The number of hydrogen-bond donors (Lipinski definition) is 3. The van der Waals surface area contributed by atoms with Crippen LogP contribution in [0.2, 0.25) is 0 Å².